The molecule has 1 rings (SSSR count). The molecule has 3 N–H and O–H groups in total. The third-order valence-corrected chi connectivity index (χ3v) is 4.03. The summed E-state index contributed by atoms with van der Waals surface area (Å²) >= 11 is 0. The molecule has 190 valence electrons. The predicted molar refractivity (Wildman–Crippen MR) is 118 cm³/mol. The molecular weight excluding hydrogens is 468 g/mol. The highest BCUT2D eigenvalue weighted by Crippen LogP contribution is 2.16. The van der Waals surface area contributed by atoms with Crippen LogP contribution in [0.5, 0.6) is 0 Å². The van der Waals surface area contributed by atoms with Crippen LogP contribution in [-0.2, 0) is 28.5 Å². The Morgan fingerprint density at radius 3 is 1.60 bits per heavy atom. The van der Waals surface area contributed by atoms with Gasteiger partial charge in [0, 0.05) is 11.1 Å². The largest absolute Gasteiger partial charge is 0.478 e. The van der Waals surface area contributed by atoms with Crippen molar-refractivity contribution in [2.75, 3.05) is 26.4 Å². The Kier molecular flexibility index (Phi) is 11.3. The molecule has 2 unspecified atom stereocenters. The number of rotatable bonds is 13. The Balaban J connectivity index is 2.79. The second-order valence-corrected chi connectivity index (χ2v) is 7.33. The van der Waals surface area contributed by atoms with Crippen LogP contribution >= 0.6 is 0 Å². The van der Waals surface area contributed by atoms with Crippen LogP contribution in [0.4, 0.5) is 0 Å². The maximum atomic E-state index is 12.4. The number of carboxylic acid groups (broad SMARTS) is 1. The maximum Gasteiger partial charge on any atom is 0.339 e. The van der Waals surface area contributed by atoms with Crippen molar-refractivity contribution < 1.29 is 58.2 Å². The maximum absolute atomic E-state index is 12.4. The predicted octanol–water partition coefficient (Wildman–Crippen LogP) is 0.659. The van der Waals surface area contributed by atoms with Crippen LogP contribution in [0.25, 0.3) is 0 Å². The Hall–Kier alpha value is -4.03. The van der Waals surface area contributed by atoms with E-state index in [1.807, 2.05) is 0 Å². The van der Waals surface area contributed by atoms with Gasteiger partial charge < -0.3 is 34.3 Å². The SMILES string of the molecule is C=C(C)C(=O)OCC(O)COC(=O)c1ccc(C(=O)O)c(C(=O)OCC(O)COC(=O)C(=C)C)c1. The first kappa shape index (κ1) is 29.0. The van der Waals surface area contributed by atoms with Gasteiger partial charge in [0.15, 0.2) is 0 Å². The van der Waals surface area contributed by atoms with Gasteiger partial charge in [-0.1, -0.05) is 13.2 Å². The Bertz CT molecular complexity index is 1010. The summed E-state index contributed by atoms with van der Waals surface area (Å²) in [4.78, 5) is 58.8. The van der Waals surface area contributed by atoms with Gasteiger partial charge in [-0.15, -0.1) is 0 Å². The molecule has 0 heterocycles. The molecule has 2 atom stereocenters. The summed E-state index contributed by atoms with van der Waals surface area (Å²) in [5.74, 6) is -5.15. The summed E-state index contributed by atoms with van der Waals surface area (Å²) in [6, 6.07) is 2.97. The fourth-order valence-electron chi connectivity index (χ4n) is 2.22. The molecule has 0 aliphatic carbocycles. The van der Waals surface area contributed by atoms with Crippen molar-refractivity contribution in [3.05, 3.63) is 59.2 Å². The smallest absolute Gasteiger partial charge is 0.339 e. The van der Waals surface area contributed by atoms with Gasteiger partial charge in [-0.2, -0.15) is 0 Å². The molecule has 0 bridgehead atoms. The third-order valence-electron chi connectivity index (χ3n) is 4.03. The summed E-state index contributed by atoms with van der Waals surface area (Å²) in [7, 11) is 0. The van der Waals surface area contributed by atoms with E-state index in [-0.39, 0.29) is 16.7 Å². The fourth-order valence-corrected chi connectivity index (χ4v) is 2.22. The van der Waals surface area contributed by atoms with E-state index in [1.54, 1.807) is 0 Å². The molecule has 1 aromatic rings. The van der Waals surface area contributed by atoms with E-state index < -0.39 is 79.6 Å². The molecule has 0 amide bonds. The number of ether oxygens (including phenoxy) is 4. The van der Waals surface area contributed by atoms with Crippen molar-refractivity contribution in [1.82, 2.24) is 0 Å². The molecule has 0 radical (unpaired) electrons. The number of hydrogen-bond donors (Lipinski definition) is 3. The van der Waals surface area contributed by atoms with Gasteiger partial charge in [0.2, 0.25) is 0 Å². The molecule has 0 fully saturated rings. The second kappa shape index (κ2) is 13.6. The van der Waals surface area contributed by atoms with Gasteiger partial charge >= 0.3 is 29.8 Å². The molecular formula is C23H26O12. The van der Waals surface area contributed by atoms with Crippen LogP contribution < -0.4 is 0 Å². The summed E-state index contributed by atoms with van der Waals surface area (Å²) < 4.78 is 19.2. The lowest BCUT2D eigenvalue weighted by atomic mass is 10.0. The number of benzene rings is 1. The zero-order valence-electron chi connectivity index (χ0n) is 19.1. The Morgan fingerprint density at radius 1 is 0.743 bits per heavy atom. The van der Waals surface area contributed by atoms with Crippen molar-refractivity contribution in [1.29, 1.82) is 0 Å². The lowest BCUT2D eigenvalue weighted by molar-refractivity contribution is -0.143. The zero-order valence-corrected chi connectivity index (χ0v) is 19.1. The quantitative estimate of drug-likeness (QED) is 0.198. The number of esters is 4. The van der Waals surface area contributed by atoms with Crippen molar-refractivity contribution in [3.8, 4) is 0 Å². The molecule has 0 aliphatic heterocycles. The van der Waals surface area contributed by atoms with Crippen molar-refractivity contribution in [2.24, 2.45) is 0 Å². The minimum absolute atomic E-state index is 0.101. The zero-order chi connectivity index (χ0) is 26.7. The number of aliphatic hydroxyl groups excluding tert-OH is 2. The minimum atomic E-state index is -1.48. The van der Waals surface area contributed by atoms with Crippen molar-refractivity contribution in [2.45, 2.75) is 26.1 Å². The van der Waals surface area contributed by atoms with Gasteiger partial charge in [0.1, 0.15) is 38.6 Å². The normalized spacial score (nSPS) is 12.0. The standard InChI is InChI=1S/C23H26O12/c1-12(2)20(28)32-8-15(24)10-34-22(30)14-5-6-17(19(26)27)18(7-14)23(31)35-11-16(25)9-33-21(29)13(3)4/h5-7,15-16,24-25H,1,3,8-11H2,2,4H3,(H,26,27). The van der Waals surface area contributed by atoms with E-state index in [9.17, 15) is 39.3 Å². The van der Waals surface area contributed by atoms with Gasteiger partial charge in [0.25, 0.3) is 0 Å². The highest BCUT2D eigenvalue weighted by Gasteiger charge is 2.23. The van der Waals surface area contributed by atoms with Crippen LogP contribution in [0.1, 0.15) is 44.9 Å². The van der Waals surface area contributed by atoms with Gasteiger partial charge in [-0.3, -0.25) is 0 Å². The van der Waals surface area contributed by atoms with Crippen LogP contribution in [0.2, 0.25) is 0 Å². The van der Waals surface area contributed by atoms with Crippen molar-refractivity contribution in [3.63, 3.8) is 0 Å². The second-order valence-electron chi connectivity index (χ2n) is 7.33. The fraction of sp³-hybridized carbons (Fsp3) is 0.348. The van der Waals surface area contributed by atoms with E-state index >= 15 is 0 Å². The average Bonchev–Trinajstić information content (AvgIpc) is 2.81. The first-order valence-electron chi connectivity index (χ1n) is 10.1. The lowest BCUT2D eigenvalue weighted by Gasteiger charge is -2.14. The third kappa shape index (κ3) is 9.78. The van der Waals surface area contributed by atoms with Crippen molar-refractivity contribution >= 4 is 29.8 Å². The average molecular weight is 494 g/mol. The number of carbonyl (C=O) groups excluding carboxylic acids is 4. The first-order valence-corrected chi connectivity index (χ1v) is 10.1. The van der Waals surface area contributed by atoms with E-state index in [2.05, 4.69) is 13.2 Å². The summed E-state index contributed by atoms with van der Waals surface area (Å²) in [5.41, 5.74) is -1.00. The molecule has 0 aromatic heterocycles. The Labute approximate surface area is 200 Å². The van der Waals surface area contributed by atoms with Gasteiger partial charge in [-0.25, -0.2) is 24.0 Å². The summed E-state index contributed by atoms with van der Waals surface area (Å²) in [5, 5.41) is 28.9. The molecule has 0 saturated carbocycles. The lowest BCUT2D eigenvalue weighted by Crippen LogP contribution is -2.26. The molecule has 12 nitrogen and oxygen atoms in total. The number of aliphatic hydroxyl groups is 2. The number of aromatic carboxylic acids is 1. The molecule has 1 aromatic carbocycles. The summed E-state index contributed by atoms with van der Waals surface area (Å²) in [6.45, 7) is 7.41. The van der Waals surface area contributed by atoms with Crippen LogP contribution in [-0.4, -0.2) is 83.8 Å². The van der Waals surface area contributed by atoms with E-state index in [1.165, 1.54) is 13.8 Å². The molecule has 12 heteroatoms. The van der Waals surface area contributed by atoms with Gasteiger partial charge in [-0.05, 0) is 32.0 Å². The number of carbonyl (C=O) groups is 5. The highest BCUT2D eigenvalue weighted by molar-refractivity contribution is 6.04. The van der Waals surface area contributed by atoms with E-state index in [0.717, 1.165) is 18.2 Å². The highest BCUT2D eigenvalue weighted by atomic mass is 16.6. The van der Waals surface area contributed by atoms with Crippen LogP contribution in [0, 0.1) is 0 Å². The first-order chi connectivity index (χ1) is 16.3. The minimum Gasteiger partial charge on any atom is -0.478 e. The number of carboxylic acids is 1. The van der Waals surface area contributed by atoms with Crippen LogP contribution in [0.15, 0.2) is 42.5 Å². The molecule has 0 spiro atoms. The van der Waals surface area contributed by atoms with Gasteiger partial charge in [0.05, 0.1) is 16.7 Å². The van der Waals surface area contributed by atoms with Crippen LogP contribution in [0.3, 0.4) is 0 Å². The summed E-state index contributed by atoms with van der Waals surface area (Å²) in [6.07, 6.45) is -2.74. The molecule has 0 saturated heterocycles. The topological polar surface area (TPSA) is 183 Å². The molecule has 0 aliphatic rings. The molecule has 35 heavy (non-hydrogen) atoms. The van der Waals surface area contributed by atoms with E-state index in [4.69, 9.17) is 18.9 Å². The Morgan fingerprint density at radius 2 is 1.17 bits per heavy atom. The van der Waals surface area contributed by atoms with E-state index in [0.29, 0.717) is 0 Å². The monoisotopic (exact) mass is 494 g/mol. The number of hydrogen-bond acceptors (Lipinski definition) is 11.